The summed E-state index contributed by atoms with van der Waals surface area (Å²) in [5, 5.41) is 4.12. The second-order valence-corrected chi connectivity index (χ2v) is 10.0. The van der Waals surface area contributed by atoms with Crippen LogP contribution < -0.4 is 4.74 Å². The molecule has 3 heterocycles. The van der Waals surface area contributed by atoms with Gasteiger partial charge in [0.05, 0.1) is 36.1 Å². The lowest BCUT2D eigenvalue weighted by Crippen LogP contribution is -2.33. The molecular formula is C26H34N2O6. The number of hydrogen-bond donors (Lipinski definition) is 0. The zero-order chi connectivity index (χ0) is 23.7. The van der Waals surface area contributed by atoms with E-state index in [4.69, 9.17) is 23.5 Å². The molecule has 8 nitrogen and oxygen atoms in total. The van der Waals surface area contributed by atoms with Crippen LogP contribution in [0.15, 0.2) is 22.9 Å². The Kier molecular flexibility index (Phi) is 6.88. The summed E-state index contributed by atoms with van der Waals surface area (Å²) in [5.74, 6) is 2.19. The molecule has 1 unspecified atom stereocenters. The molecule has 0 aromatic carbocycles. The van der Waals surface area contributed by atoms with Crippen molar-refractivity contribution in [2.24, 2.45) is 17.8 Å². The maximum absolute atomic E-state index is 12.4. The van der Waals surface area contributed by atoms with E-state index in [-0.39, 0.29) is 30.4 Å². The molecule has 3 aliphatic rings. The Labute approximate surface area is 200 Å². The van der Waals surface area contributed by atoms with E-state index in [1.54, 1.807) is 6.20 Å². The summed E-state index contributed by atoms with van der Waals surface area (Å²) in [4.78, 5) is 17.0. The van der Waals surface area contributed by atoms with Crippen LogP contribution in [0.2, 0.25) is 0 Å². The predicted octanol–water partition coefficient (Wildman–Crippen LogP) is 4.83. The lowest BCUT2D eigenvalue weighted by molar-refractivity contribution is -0.168. The first-order valence-electron chi connectivity index (χ1n) is 12.5. The minimum absolute atomic E-state index is 0.0168. The standard InChI is InChI=1S/C26H34N2O6/c1-15(2)32-26(29)18-10-17-11-20(17)23(12-18)33-19-7-8-22(27-13-19)25-21(16(3)28-34-25)14-31-24-6-4-5-9-30-24/h7-8,13,15,17-18,20,23-24H,4-6,9-12,14H2,1-3H3/t17-,18-,20+,23-,24?/m1/s1. The molecule has 8 heteroatoms. The lowest BCUT2D eigenvalue weighted by Gasteiger charge is -2.28. The first-order chi connectivity index (χ1) is 16.5. The molecule has 2 saturated carbocycles. The van der Waals surface area contributed by atoms with Gasteiger partial charge in [-0.25, -0.2) is 4.98 Å². The summed E-state index contributed by atoms with van der Waals surface area (Å²) < 4.78 is 28.9. The van der Waals surface area contributed by atoms with Gasteiger partial charge >= 0.3 is 5.97 Å². The van der Waals surface area contributed by atoms with Crippen LogP contribution in [0, 0.1) is 24.7 Å². The average Bonchev–Trinajstić information content (AvgIpc) is 3.53. The SMILES string of the molecule is Cc1noc(-c2ccc(O[C@@H]3C[C@H](C(=O)OC(C)C)C[C@@H]4C[C@@H]43)cn2)c1COC1CCCCO1. The number of carbonyl (C=O) groups is 1. The molecular weight excluding hydrogens is 436 g/mol. The van der Waals surface area contributed by atoms with E-state index < -0.39 is 0 Å². The van der Waals surface area contributed by atoms with Crippen LogP contribution in [0.1, 0.15) is 63.6 Å². The van der Waals surface area contributed by atoms with Gasteiger partial charge in [0, 0.05) is 6.61 Å². The van der Waals surface area contributed by atoms with Crippen LogP contribution in [-0.2, 0) is 25.6 Å². The zero-order valence-electron chi connectivity index (χ0n) is 20.2. The first kappa shape index (κ1) is 23.3. The van der Waals surface area contributed by atoms with Crippen molar-refractivity contribution >= 4 is 5.97 Å². The van der Waals surface area contributed by atoms with Crippen LogP contribution in [0.4, 0.5) is 0 Å². The molecule has 0 spiro atoms. The van der Waals surface area contributed by atoms with E-state index in [1.165, 1.54) is 0 Å². The van der Waals surface area contributed by atoms with Crippen molar-refractivity contribution < 1.29 is 28.3 Å². The summed E-state index contributed by atoms with van der Waals surface area (Å²) in [6.45, 7) is 6.79. The Bertz CT molecular complexity index is 982. The summed E-state index contributed by atoms with van der Waals surface area (Å²) in [6.07, 6.45) is 7.30. The Balaban J connectivity index is 1.22. The van der Waals surface area contributed by atoms with Gasteiger partial charge in [0.25, 0.3) is 0 Å². The fraction of sp³-hybridized carbons (Fsp3) is 0.654. The van der Waals surface area contributed by atoms with Gasteiger partial charge in [0.1, 0.15) is 17.5 Å². The zero-order valence-corrected chi connectivity index (χ0v) is 20.2. The number of fused-ring (bicyclic) bond motifs is 1. The molecule has 1 aliphatic heterocycles. The van der Waals surface area contributed by atoms with Gasteiger partial charge < -0.3 is 23.5 Å². The third-order valence-electron chi connectivity index (χ3n) is 7.04. The Morgan fingerprint density at radius 3 is 2.82 bits per heavy atom. The molecule has 2 aromatic rings. The third kappa shape index (κ3) is 5.28. The lowest BCUT2D eigenvalue weighted by atomic mass is 9.87. The topological polar surface area (TPSA) is 92.9 Å². The highest BCUT2D eigenvalue weighted by molar-refractivity contribution is 5.73. The van der Waals surface area contributed by atoms with Crippen molar-refractivity contribution in [2.45, 2.75) is 84.4 Å². The molecule has 1 saturated heterocycles. The van der Waals surface area contributed by atoms with Gasteiger partial charge in [-0.3, -0.25) is 4.79 Å². The second-order valence-electron chi connectivity index (χ2n) is 10.0. The molecule has 0 radical (unpaired) electrons. The fourth-order valence-electron chi connectivity index (χ4n) is 5.11. The van der Waals surface area contributed by atoms with E-state index in [0.29, 0.717) is 42.1 Å². The van der Waals surface area contributed by atoms with Gasteiger partial charge in [0.2, 0.25) is 0 Å². The Morgan fingerprint density at radius 1 is 1.21 bits per heavy atom. The normalized spacial score (nSPS) is 28.4. The highest BCUT2D eigenvalue weighted by Crippen LogP contribution is 2.52. The Hall–Kier alpha value is -2.45. The summed E-state index contributed by atoms with van der Waals surface area (Å²) in [6, 6.07) is 3.79. The second kappa shape index (κ2) is 10.0. The van der Waals surface area contributed by atoms with E-state index in [9.17, 15) is 4.79 Å². The van der Waals surface area contributed by atoms with Crippen LogP contribution >= 0.6 is 0 Å². The molecule has 0 bridgehead atoms. The van der Waals surface area contributed by atoms with Crippen molar-refractivity contribution in [3.05, 3.63) is 29.6 Å². The van der Waals surface area contributed by atoms with Gasteiger partial charge in [-0.05, 0) is 83.3 Å². The van der Waals surface area contributed by atoms with Crippen molar-refractivity contribution in [1.29, 1.82) is 0 Å². The highest BCUT2D eigenvalue weighted by atomic mass is 16.7. The number of hydrogen-bond acceptors (Lipinski definition) is 8. The van der Waals surface area contributed by atoms with E-state index in [2.05, 4.69) is 10.1 Å². The van der Waals surface area contributed by atoms with E-state index in [0.717, 1.165) is 50.0 Å². The number of aryl methyl sites for hydroxylation is 1. The van der Waals surface area contributed by atoms with Crippen molar-refractivity contribution in [3.8, 4) is 17.2 Å². The number of nitrogens with zero attached hydrogens (tertiary/aromatic N) is 2. The maximum Gasteiger partial charge on any atom is 0.309 e. The van der Waals surface area contributed by atoms with Crippen molar-refractivity contribution in [1.82, 2.24) is 10.1 Å². The molecule has 5 rings (SSSR count). The fourth-order valence-corrected chi connectivity index (χ4v) is 5.11. The van der Waals surface area contributed by atoms with Gasteiger partial charge in [-0.1, -0.05) is 5.16 Å². The maximum atomic E-state index is 12.4. The monoisotopic (exact) mass is 470 g/mol. The van der Waals surface area contributed by atoms with Gasteiger partial charge in [0.15, 0.2) is 12.1 Å². The Morgan fingerprint density at radius 2 is 2.09 bits per heavy atom. The van der Waals surface area contributed by atoms with E-state index in [1.807, 2.05) is 32.9 Å². The summed E-state index contributed by atoms with van der Waals surface area (Å²) in [5.41, 5.74) is 2.35. The van der Waals surface area contributed by atoms with Crippen molar-refractivity contribution in [2.75, 3.05) is 6.61 Å². The largest absolute Gasteiger partial charge is 0.488 e. The van der Waals surface area contributed by atoms with Crippen LogP contribution in [0.3, 0.4) is 0 Å². The van der Waals surface area contributed by atoms with Gasteiger partial charge in [-0.15, -0.1) is 0 Å². The molecule has 3 fully saturated rings. The quantitative estimate of drug-likeness (QED) is 0.506. The molecule has 0 amide bonds. The molecule has 2 aliphatic carbocycles. The molecule has 5 atom stereocenters. The molecule has 2 aromatic heterocycles. The highest BCUT2D eigenvalue weighted by Gasteiger charge is 2.51. The van der Waals surface area contributed by atoms with Gasteiger partial charge in [-0.2, -0.15) is 0 Å². The van der Waals surface area contributed by atoms with Crippen LogP contribution in [0.5, 0.6) is 5.75 Å². The minimum atomic E-state index is -0.178. The molecule has 0 N–H and O–H groups in total. The first-order valence-corrected chi connectivity index (χ1v) is 12.5. The molecule has 184 valence electrons. The van der Waals surface area contributed by atoms with Crippen molar-refractivity contribution in [3.63, 3.8) is 0 Å². The minimum Gasteiger partial charge on any atom is -0.488 e. The van der Waals surface area contributed by atoms with Crippen LogP contribution in [-0.4, -0.2) is 41.2 Å². The number of rotatable bonds is 8. The number of pyridine rings is 1. The summed E-state index contributed by atoms with van der Waals surface area (Å²) >= 11 is 0. The smallest absolute Gasteiger partial charge is 0.309 e. The molecule has 34 heavy (non-hydrogen) atoms. The number of esters is 1. The third-order valence-corrected chi connectivity index (χ3v) is 7.04. The summed E-state index contributed by atoms with van der Waals surface area (Å²) in [7, 11) is 0. The van der Waals surface area contributed by atoms with Crippen LogP contribution in [0.25, 0.3) is 11.5 Å². The number of ether oxygens (including phenoxy) is 4. The predicted molar refractivity (Wildman–Crippen MR) is 123 cm³/mol. The average molecular weight is 471 g/mol. The van der Waals surface area contributed by atoms with E-state index >= 15 is 0 Å². The number of carbonyl (C=O) groups excluding carboxylic acids is 1. The number of aromatic nitrogens is 2.